The van der Waals surface area contributed by atoms with Crippen LogP contribution in [0.5, 0.6) is 0 Å². The number of aliphatic hydroxyl groups is 2. The van der Waals surface area contributed by atoms with Crippen molar-refractivity contribution in [1.29, 1.82) is 0 Å². The van der Waals surface area contributed by atoms with E-state index < -0.39 is 0 Å². The normalized spacial score (nSPS) is 22.8. The fourth-order valence-electron chi connectivity index (χ4n) is 2.84. The molecular weight excluding hydrogens is 280 g/mol. The van der Waals surface area contributed by atoms with Gasteiger partial charge in [0.2, 0.25) is 0 Å². The van der Waals surface area contributed by atoms with Crippen LogP contribution < -0.4 is 5.32 Å². The maximum absolute atomic E-state index is 10.3. The van der Waals surface area contributed by atoms with Gasteiger partial charge in [0.15, 0.2) is 0 Å². The van der Waals surface area contributed by atoms with Crippen LogP contribution in [0.15, 0.2) is 30.3 Å². The first kappa shape index (κ1) is 17.4. The Hall–Kier alpha value is -0.980. The van der Waals surface area contributed by atoms with Crippen LogP contribution in [0.4, 0.5) is 0 Å². The Morgan fingerprint density at radius 3 is 2.77 bits per heavy atom. The summed E-state index contributed by atoms with van der Waals surface area (Å²) >= 11 is 0. The van der Waals surface area contributed by atoms with Crippen LogP contribution in [0.2, 0.25) is 0 Å². The number of nitrogens with zero attached hydrogens (tertiary/aromatic N) is 1. The first-order valence-electron chi connectivity index (χ1n) is 8.13. The van der Waals surface area contributed by atoms with Gasteiger partial charge in [-0.15, -0.1) is 0 Å². The number of piperidine rings is 1. The quantitative estimate of drug-likeness (QED) is 0.579. The number of rotatable bonds is 9. The minimum Gasteiger partial charge on any atom is -0.394 e. The average molecular weight is 308 g/mol. The molecule has 1 unspecified atom stereocenters. The second-order valence-electron chi connectivity index (χ2n) is 5.87. The number of ether oxygens (including phenoxy) is 1. The van der Waals surface area contributed by atoms with Crippen molar-refractivity contribution in [2.24, 2.45) is 5.92 Å². The van der Waals surface area contributed by atoms with Gasteiger partial charge in [0.05, 0.1) is 25.9 Å². The van der Waals surface area contributed by atoms with Crippen LogP contribution in [0.3, 0.4) is 0 Å². The fourth-order valence-corrected chi connectivity index (χ4v) is 2.84. The third-order valence-electron chi connectivity index (χ3n) is 4.17. The number of nitrogens with one attached hydrogen (secondary N) is 1. The molecule has 1 aliphatic rings. The molecule has 1 heterocycles. The zero-order valence-electron chi connectivity index (χ0n) is 13.2. The molecule has 1 aliphatic heterocycles. The predicted molar refractivity (Wildman–Crippen MR) is 86.6 cm³/mol. The van der Waals surface area contributed by atoms with Crippen molar-refractivity contribution in [2.75, 3.05) is 46.0 Å². The molecule has 22 heavy (non-hydrogen) atoms. The molecule has 0 bridgehead atoms. The highest BCUT2D eigenvalue weighted by Gasteiger charge is 2.26. The number of hydrogen-bond donors (Lipinski definition) is 3. The van der Waals surface area contributed by atoms with Gasteiger partial charge in [-0.1, -0.05) is 30.3 Å². The molecule has 2 rings (SSSR count). The summed E-state index contributed by atoms with van der Waals surface area (Å²) in [6.07, 6.45) is 0.720. The third-order valence-corrected chi connectivity index (χ3v) is 4.17. The lowest BCUT2D eigenvalue weighted by molar-refractivity contribution is 0.00535. The Balaban J connectivity index is 1.61. The molecule has 3 N–H and O–H groups in total. The predicted octanol–water partition coefficient (Wildman–Crippen LogP) is 0.468. The molecule has 5 nitrogen and oxygen atoms in total. The lowest BCUT2D eigenvalue weighted by atomic mass is 9.93. The van der Waals surface area contributed by atoms with Gasteiger partial charge < -0.3 is 20.3 Å². The summed E-state index contributed by atoms with van der Waals surface area (Å²) in [4.78, 5) is 2.23. The van der Waals surface area contributed by atoms with Gasteiger partial charge in [-0.2, -0.15) is 0 Å². The first-order chi connectivity index (χ1) is 10.8. The smallest absolute Gasteiger partial charge is 0.0707 e. The zero-order chi connectivity index (χ0) is 15.6. The van der Waals surface area contributed by atoms with Crippen LogP contribution >= 0.6 is 0 Å². The number of β-amino-alcohol motifs (C(OH)–C–C–N with tert-alkyl or cyclic N) is 1. The highest BCUT2D eigenvalue weighted by atomic mass is 16.5. The van der Waals surface area contributed by atoms with E-state index in [9.17, 15) is 5.11 Å². The molecule has 124 valence electrons. The summed E-state index contributed by atoms with van der Waals surface area (Å²) in [6.45, 7) is 5.30. The Morgan fingerprint density at radius 1 is 1.23 bits per heavy atom. The molecule has 2 atom stereocenters. The van der Waals surface area contributed by atoms with Crippen molar-refractivity contribution in [3.8, 4) is 0 Å². The van der Waals surface area contributed by atoms with Gasteiger partial charge in [-0.25, -0.2) is 0 Å². The van der Waals surface area contributed by atoms with E-state index in [1.165, 1.54) is 5.56 Å². The van der Waals surface area contributed by atoms with E-state index in [4.69, 9.17) is 9.84 Å². The second-order valence-corrected chi connectivity index (χ2v) is 5.87. The van der Waals surface area contributed by atoms with Crippen LogP contribution in [0.1, 0.15) is 12.0 Å². The number of hydrogen-bond acceptors (Lipinski definition) is 5. The van der Waals surface area contributed by atoms with Crippen molar-refractivity contribution in [3.05, 3.63) is 35.9 Å². The van der Waals surface area contributed by atoms with E-state index in [1.54, 1.807) is 0 Å². The largest absolute Gasteiger partial charge is 0.394 e. The summed E-state index contributed by atoms with van der Waals surface area (Å²) < 4.78 is 5.28. The van der Waals surface area contributed by atoms with Crippen LogP contribution in [-0.2, 0) is 11.3 Å². The van der Waals surface area contributed by atoms with Crippen molar-refractivity contribution < 1.29 is 14.9 Å². The standard InChI is InChI=1S/C17H28N2O3/c20-9-11-22-10-8-19-7-6-16(17(21)14-19)13-18-12-15-4-2-1-3-5-15/h1-5,16-18,20-21H,6-14H2/t16-,17?/m0/s1. The minimum absolute atomic E-state index is 0.0672. The van der Waals surface area contributed by atoms with Gasteiger partial charge in [0, 0.05) is 26.2 Å². The molecule has 0 radical (unpaired) electrons. The maximum Gasteiger partial charge on any atom is 0.0707 e. The van der Waals surface area contributed by atoms with Crippen molar-refractivity contribution in [3.63, 3.8) is 0 Å². The first-order valence-corrected chi connectivity index (χ1v) is 8.13. The number of benzene rings is 1. The van der Waals surface area contributed by atoms with Gasteiger partial charge in [-0.3, -0.25) is 4.90 Å². The Morgan fingerprint density at radius 2 is 2.05 bits per heavy atom. The minimum atomic E-state index is -0.283. The van der Waals surface area contributed by atoms with E-state index in [-0.39, 0.29) is 12.7 Å². The summed E-state index contributed by atoms with van der Waals surface area (Å²) in [5, 5.41) is 22.4. The molecule has 0 aliphatic carbocycles. The maximum atomic E-state index is 10.3. The third kappa shape index (κ3) is 6.02. The highest BCUT2D eigenvalue weighted by molar-refractivity contribution is 5.14. The van der Waals surface area contributed by atoms with Gasteiger partial charge in [0.25, 0.3) is 0 Å². The molecule has 1 aromatic carbocycles. The molecular formula is C17H28N2O3. The zero-order valence-corrected chi connectivity index (χ0v) is 13.2. The van der Waals surface area contributed by atoms with Gasteiger partial charge in [-0.05, 0) is 24.4 Å². The van der Waals surface area contributed by atoms with E-state index in [0.717, 1.165) is 32.6 Å². The van der Waals surface area contributed by atoms with Crippen LogP contribution in [0.25, 0.3) is 0 Å². The van der Waals surface area contributed by atoms with E-state index in [0.29, 0.717) is 25.7 Å². The highest BCUT2D eigenvalue weighted by Crippen LogP contribution is 2.17. The van der Waals surface area contributed by atoms with Gasteiger partial charge >= 0.3 is 0 Å². The van der Waals surface area contributed by atoms with E-state index in [1.807, 2.05) is 18.2 Å². The monoisotopic (exact) mass is 308 g/mol. The van der Waals surface area contributed by atoms with E-state index in [2.05, 4.69) is 22.3 Å². The molecule has 1 aromatic rings. The Bertz CT molecular complexity index is 402. The van der Waals surface area contributed by atoms with Crippen molar-refractivity contribution >= 4 is 0 Å². The topological polar surface area (TPSA) is 65.0 Å². The number of likely N-dealkylation sites (tertiary alicyclic amines) is 1. The summed E-state index contributed by atoms with van der Waals surface area (Å²) in [7, 11) is 0. The van der Waals surface area contributed by atoms with E-state index >= 15 is 0 Å². The van der Waals surface area contributed by atoms with Crippen molar-refractivity contribution in [1.82, 2.24) is 10.2 Å². The summed E-state index contributed by atoms with van der Waals surface area (Å²) in [5.74, 6) is 0.318. The van der Waals surface area contributed by atoms with Crippen LogP contribution in [-0.4, -0.2) is 67.2 Å². The molecule has 1 fully saturated rings. The second kappa shape index (κ2) is 9.92. The summed E-state index contributed by atoms with van der Waals surface area (Å²) in [6, 6.07) is 10.3. The van der Waals surface area contributed by atoms with Crippen molar-refractivity contribution in [2.45, 2.75) is 19.1 Å². The lowest BCUT2D eigenvalue weighted by Crippen LogP contribution is -2.47. The SMILES string of the molecule is OCCOCCN1CC[C@@H](CNCc2ccccc2)C(O)C1. The molecule has 1 saturated heterocycles. The molecule has 5 heteroatoms. The van der Waals surface area contributed by atoms with Gasteiger partial charge in [0.1, 0.15) is 0 Å². The molecule has 0 spiro atoms. The summed E-state index contributed by atoms with van der Waals surface area (Å²) in [5.41, 5.74) is 1.27. The molecule has 0 amide bonds. The molecule has 0 saturated carbocycles. The Labute approximate surface area is 132 Å². The lowest BCUT2D eigenvalue weighted by Gasteiger charge is -2.36. The average Bonchev–Trinajstić information content (AvgIpc) is 2.54. The Kier molecular flexibility index (Phi) is 7.83. The fraction of sp³-hybridized carbons (Fsp3) is 0.647. The number of aliphatic hydroxyl groups excluding tert-OH is 2. The molecule has 0 aromatic heterocycles. The van der Waals surface area contributed by atoms with Crippen LogP contribution in [0, 0.1) is 5.92 Å².